The molecular formula is C17H25N5OS. The summed E-state index contributed by atoms with van der Waals surface area (Å²) in [4.78, 5) is 20.0. The van der Waals surface area contributed by atoms with E-state index in [1.807, 2.05) is 28.4 Å². The number of aromatic nitrogens is 3. The molecule has 1 atom stereocenters. The van der Waals surface area contributed by atoms with Crippen molar-refractivity contribution < 1.29 is 4.79 Å². The fourth-order valence-corrected chi connectivity index (χ4v) is 4.00. The van der Waals surface area contributed by atoms with Crippen molar-refractivity contribution in [2.75, 3.05) is 20.1 Å². The third kappa shape index (κ3) is 3.84. The van der Waals surface area contributed by atoms with Gasteiger partial charge in [0.05, 0.1) is 12.6 Å². The van der Waals surface area contributed by atoms with Crippen LogP contribution in [0.1, 0.15) is 59.0 Å². The monoisotopic (exact) mass is 347 g/mol. The molecule has 1 N–H and O–H groups in total. The molecule has 6 nitrogen and oxygen atoms in total. The van der Waals surface area contributed by atoms with Crippen molar-refractivity contribution in [3.8, 4) is 0 Å². The van der Waals surface area contributed by atoms with Gasteiger partial charge < -0.3 is 5.32 Å². The van der Waals surface area contributed by atoms with Gasteiger partial charge in [0.2, 0.25) is 0 Å². The first kappa shape index (κ1) is 17.1. The van der Waals surface area contributed by atoms with Crippen LogP contribution in [0, 0.1) is 0 Å². The number of piperidine rings is 1. The first-order chi connectivity index (χ1) is 11.6. The maximum atomic E-state index is 11.7. The van der Waals surface area contributed by atoms with Gasteiger partial charge in [-0.05, 0) is 31.4 Å². The Morgan fingerprint density at radius 2 is 2.33 bits per heavy atom. The summed E-state index contributed by atoms with van der Waals surface area (Å²) in [5.41, 5.74) is 0.483. The molecule has 0 unspecified atom stereocenters. The summed E-state index contributed by atoms with van der Waals surface area (Å²) in [5.74, 6) is 0.406. The van der Waals surface area contributed by atoms with Gasteiger partial charge in [-0.25, -0.2) is 4.98 Å². The number of nitrogens with zero attached hydrogens (tertiary/aromatic N) is 4. The predicted octanol–water partition coefficient (Wildman–Crippen LogP) is 2.66. The van der Waals surface area contributed by atoms with E-state index < -0.39 is 0 Å². The molecule has 1 aliphatic heterocycles. The van der Waals surface area contributed by atoms with E-state index in [2.05, 4.69) is 34.1 Å². The molecule has 24 heavy (non-hydrogen) atoms. The van der Waals surface area contributed by atoms with Crippen molar-refractivity contribution in [1.82, 2.24) is 25.0 Å². The van der Waals surface area contributed by atoms with Gasteiger partial charge in [-0.3, -0.25) is 14.4 Å². The summed E-state index contributed by atoms with van der Waals surface area (Å²) in [6.07, 6.45) is 6.16. The highest BCUT2D eigenvalue weighted by atomic mass is 32.1. The third-order valence-electron chi connectivity index (χ3n) is 4.42. The van der Waals surface area contributed by atoms with E-state index in [1.54, 1.807) is 13.1 Å². The summed E-state index contributed by atoms with van der Waals surface area (Å²) in [7, 11) is 1.63. The zero-order chi connectivity index (χ0) is 17.1. The molecule has 0 aliphatic carbocycles. The summed E-state index contributed by atoms with van der Waals surface area (Å²) in [5, 5.41) is 8.24. The summed E-state index contributed by atoms with van der Waals surface area (Å²) >= 11 is 1.81. The van der Waals surface area contributed by atoms with Crippen molar-refractivity contribution in [1.29, 1.82) is 0 Å². The molecule has 1 fully saturated rings. The lowest BCUT2D eigenvalue weighted by molar-refractivity contribution is 0.0955. The van der Waals surface area contributed by atoms with E-state index in [1.165, 1.54) is 9.88 Å². The molecule has 2 aromatic heterocycles. The van der Waals surface area contributed by atoms with Crippen LogP contribution in [-0.2, 0) is 6.54 Å². The first-order valence-corrected chi connectivity index (χ1v) is 9.32. The fraction of sp³-hybridized carbons (Fsp3) is 0.588. The Balaban J connectivity index is 1.63. The van der Waals surface area contributed by atoms with Crippen LogP contribution in [0.4, 0.5) is 0 Å². The zero-order valence-electron chi connectivity index (χ0n) is 14.5. The van der Waals surface area contributed by atoms with E-state index in [9.17, 15) is 4.79 Å². The lowest BCUT2D eigenvalue weighted by atomic mass is 10.1. The first-order valence-electron chi connectivity index (χ1n) is 8.51. The van der Waals surface area contributed by atoms with Gasteiger partial charge in [0.1, 0.15) is 10.7 Å². The molecule has 0 saturated carbocycles. The molecule has 130 valence electrons. The number of likely N-dealkylation sites (tertiary alicyclic amines) is 1. The minimum absolute atomic E-state index is 0.134. The van der Waals surface area contributed by atoms with Crippen LogP contribution < -0.4 is 5.32 Å². The topological polar surface area (TPSA) is 63.1 Å². The van der Waals surface area contributed by atoms with Crippen molar-refractivity contribution in [2.24, 2.45) is 0 Å². The summed E-state index contributed by atoms with van der Waals surface area (Å²) in [6.45, 7) is 7.35. The quantitative estimate of drug-likeness (QED) is 0.903. The molecule has 1 saturated heterocycles. The SMILES string of the molecule is CNC(=O)c1ccn([C@@H]2CCCN(Cc3ncc(C(C)C)s3)C2)n1. The lowest BCUT2D eigenvalue weighted by Crippen LogP contribution is -2.36. The number of carbonyl (C=O) groups is 1. The van der Waals surface area contributed by atoms with Crippen LogP contribution in [0.5, 0.6) is 0 Å². The van der Waals surface area contributed by atoms with Crippen molar-refractivity contribution in [3.63, 3.8) is 0 Å². The van der Waals surface area contributed by atoms with Crippen LogP contribution in [0.2, 0.25) is 0 Å². The molecule has 3 rings (SSSR count). The highest BCUT2D eigenvalue weighted by Crippen LogP contribution is 2.26. The molecule has 0 spiro atoms. The molecule has 0 bridgehead atoms. The van der Waals surface area contributed by atoms with Crippen molar-refractivity contribution in [3.05, 3.63) is 34.0 Å². The predicted molar refractivity (Wildman–Crippen MR) is 95.4 cm³/mol. The maximum absolute atomic E-state index is 11.7. The smallest absolute Gasteiger partial charge is 0.271 e. The van der Waals surface area contributed by atoms with Crippen LogP contribution in [-0.4, -0.2) is 45.7 Å². The molecule has 3 heterocycles. The molecule has 0 aromatic carbocycles. The van der Waals surface area contributed by atoms with Crippen LogP contribution >= 0.6 is 11.3 Å². The molecular weight excluding hydrogens is 322 g/mol. The Hall–Kier alpha value is -1.73. The van der Waals surface area contributed by atoms with Crippen LogP contribution in [0.25, 0.3) is 0 Å². The summed E-state index contributed by atoms with van der Waals surface area (Å²) in [6, 6.07) is 2.11. The van der Waals surface area contributed by atoms with E-state index in [4.69, 9.17) is 0 Å². The number of hydrogen-bond acceptors (Lipinski definition) is 5. The van der Waals surface area contributed by atoms with Crippen molar-refractivity contribution >= 4 is 17.2 Å². The number of rotatable bonds is 5. The largest absolute Gasteiger partial charge is 0.354 e. The van der Waals surface area contributed by atoms with E-state index in [-0.39, 0.29) is 5.91 Å². The molecule has 1 aliphatic rings. The van der Waals surface area contributed by atoms with Gasteiger partial charge in [-0.15, -0.1) is 11.3 Å². The second-order valence-corrected chi connectivity index (χ2v) is 7.75. The van der Waals surface area contributed by atoms with Gasteiger partial charge in [0.25, 0.3) is 5.91 Å². The maximum Gasteiger partial charge on any atom is 0.271 e. The number of thiazole rings is 1. The Bertz CT molecular complexity index is 693. The van der Waals surface area contributed by atoms with Crippen molar-refractivity contribution in [2.45, 2.75) is 45.2 Å². The molecule has 7 heteroatoms. The molecule has 1 amide bonds. The molecule has 2 aromatic rings. The second-order valence-electron chi connectivity index (χ2n) is 6.60. The minimum atomic E-state index is -0.134. The van der Waals surface area contributed by atoms with Gasteiger partial charge in [-0.1, -0.05) is 13.8 Å². The highest BCUT2D eigenvalue weighted by Gasteiger charge is 2.23. The Morgan fingerprint density at radius 1 is 1.50 bits per heavy atom. The second kappa shape index (κ2) is 7.44. The van der Waals surface area contributed by atoms with Gasteiger partial charge in [0.15, 0.2) is 0 Å². The van der Waals surface area contributed by atoms with E-state index in [0.29, 0.717) is 17.7 Å². The van der Waals surface area contributed by atoms with Gasteiger partial charge >= 0.3 is 0 Å². The normalized spacial score (nSPS) is 18.9. The zero-order valence-corrected chi connectivity index (χ0v) is 15.3. The number of amides is 1. The number of carbonyl (C=O) groups excluding carboxylic acids is 1. The van der Waals surface area contributed by atoms with Crippen LogP contribution in [0.15, 0.2) is 18.5 Å². The fourth-order valence-electron chi connectivity index (χ4n) is 3.04. The third-order valence-corrected chi connectivity index (χ3v) is 5.70. The number of hydrogen-bond donors (Lipinski definition) is 1. The van der Waals surface area contributed by atoms with E-state index >= 15 is 0 Å². The minimum Gasteiger partial charge on any atom is -0.354 e. The van der Waals surface area contributed by atoms with E-state index in [0.717, 1.165) is 32.5 Å². The Morgan fingerprint density at radius 3 is 3.04 bits per heavy atom. The average molecular weight is 347 g/mol. The Kier molecular flexibility index (Phi) is 5.30. The summed E-state index contributed by atoms with van der Waals surface area (Å²) < 4.78 is 1.94. The van der Waals surface area contributed by atoms with Gasteiger partial charge in [-0.2, -0.15) is 5.10 Å². The highest BCUT2D eigenvalue weighted by molar-refractivity contribution is 7.11. The Labute approximate surface area is 146 Å². The standard InChI is InChI=1S/C17H25N5OS/c1-12(2)15-9-19-16(24-15)11-21-7-4-5-13(10-21)22-8-6-14(20-22)17(23)18-3/h6,8-9,12-13H,4-5,7,10-11H2,1-3H3,(H,18,23)/t13-/m1/s1. The average Bonchev–Trinajstić information content (AvgIpc) is 3.24. The van der Waals surface area contributed by atoms with Crippen LogP contribution in [0.3, 0.4) is 0 Å². The number of nitrogens with one attached hydrogen (secondary N) is 1. The lowest BCUT2D eigenvalue weighted by Gasteiger charge is -2.32. The van der Waals surface area contributed by atoms with Gasteiger partial charge in [0, 0.05) is 30.9 Å². The molecule has 0 radical (unpaired) electrons.